The van der Waals surface area contributed by atoms with Crippen molar-refractivity contribution in [1.29, 1.82) is 0 Å². The summed E-state index contributed by atoms with van der Waals surface area (Å²) in [6.07, 6.45) is -1.12. The maximum Gasteiger partial charge on any atom is 0.313 e. The first-order chi connectivity index (χ1) is 17.1. The highest BCUT2D eigenvalue weighted by Gasteiger charge is 2.31. The van der Waals surface area contributed by atoms with Crippen LogP contribution >= 0.6 is 0 Å². The fraction of sp³-hybridized carbons (Fsp3) is 0.630. The van der Waals surface area contributed by atoms with Crippen LogP contribution in [-0.4, -0.2) is 60.9 Å². The summed E-state index contributed by atoms with van der Waals surface area (Å²) in [5.74, 6) is -3.03. The zero-order chi connectivity index (χ0) is 28.4. The largest absolute Gasteiger partial charge is 0.460 e. The van der Waals surface area contributed by atoms with Crippen molar-refractivity contribution in [2.24, 2.45) is 0 Å². The number of esters is 1. The van der Waals surface area contributed by atoms with Gasteiger partial charge in [0.25, 0.3) is 0 Å². The van der Waals surface area contributed by atoms with E-state index in [0.29, 0.717) is 5.69 Å². The topological polar surface area (TPSA) is 132 Å². The first-order valence-corrected chi connectivity index (χ1v) is 12.6. The number of anilines is 1. The van der Waals surface area contributed by atoms with Gasteiger partial charge in [-0.3, -0.25) is 19.2 Å². The number of amides is 3. The fourth-order valence-corrected chi connectivity index (χ4v) is 3.45. The third kappa shape index (κ3) is 11.3. The van der Waals surface area contributed by atoms with Gasteiger partial charge in [-0.25, -0.2) is 0 Å². The number of carbonyl (C=O) groups excluding carboxylic acids is 4. The van der Waals surface area contributed by atoms with Gasteiger partial charge in [0, 0.05) is 18.9 Å². The van der Waals surface area contributed by atoms with Gasteiger partial charge in [-0.05, 0) is 58.6 Å². The van der Waals surface area contributed by atoms with Crippen molar-refractivity contribution in [2.75, 3.05) is 18.5 Å². The van der Waals surface area contributed by atoms with Crippen LogP contribution in [-0.2, 0) is 38.8 Å². The van der Waals surface area contributed by atoms with E-state index >= 15 is 0 Å². The van der Waals surface area contributed by atoms with Gasteiger partial charge in [0.2, 0.25) is 5.91 Å². The standard InChI is InChI=1S/C27H43N3O7/c1-10-35-25(36-11-2)20(16-21(31)37-27(7,8)9)30-22(32)17(3)28-23(33)24(34)29-19-15-13-12-14-18(19)26(4,5)6/h12-15,17,20,25H,10-11,16H2,1-9H3,(H,28,33)(H,29,34)(H,30,32)/t17-,20-/m0/s1. The van der Waals surface area contributed by atoms with E-state index in [1.54, 1.807) is 46.8 Å². The molecule has 0 aliphatic rings. The molecular formula is C27H43N3O7. The van der Waals surface area contributed by atoms with Crippen molar-refractivity contribution >= 4 is 29.4 Å². The lowest BCUT2D eigenvalue weighted by atomic mass is 9.86. The molecule has 37 heavy (non-hydrogen) atoms. The van der Waals surface area contributed by atoms with Gasteiger partial charge in [-0.2, -0.15) is 0 Å². The van der Waals surface area contributed by atoms with Crippen molar-refractivity contribution < 1.29 is 33.4 Å². The van der Waals surface area contributed by atoms with E-state index in [4.69, 9.17) is 14.2 Å². The van der Waals surface area contributed by atoms with Crippen LogP contribution in [0.15, 0.2) is 24.3 Å². The average Bonchev–Trinajstić information content (AvgIpc) is 2.76. The molecule has 3 amide bonds. The summed E-state index contributed by atoms with van der Waals surface area (Å²) >= 11 is 0. The molecule has 10 heteroatoms. The van der Waals surface area contributed by atoms with Crippen LogP contribution in [0.4, 0.5) is 5.69 Å². The summed E-state index contributed by atoms with van der Waals surface area (Å²) in [4.78, 5) is 50.5. The number of benzene rings is 1. The molecule has 0 bridgehead atoms. The number of nitrogens with one attached hydrogen (secondary N) is 3. The number of hydrogen-bond donors (Lipinski definition) is 3. The summed E-state index contributed by atoms with van der Waals surface area (Å²) < 4.78 is 16.5. The molecule has 0 heterocycles. The smallest absolute Gasteiger partial charge is 0.313 e. The number of hydrogen-bond acceptors (Lipinski definition) is 7. The molecule has 1 aromatic carbocycles. The normalized spacial score (nSPS) is 13.5. The third-order valence-corrected chi connectivity index (χ3v) is 5.06. The van der Waals surface area contributed by atoms with E-state index in [0.717, 1.165) is 5.56 Å². The first kappa shape index (κ1) is 32.0. The molecule has 1 rings (SSSR count). The van der Waals surface area contributed by atoms with Crippen LogP contribution in [0.25, 0.3) is 0 Å². The second kappa shape index (κ2) is 14.1. The van der Waals surface area contributed by atoms with Crippen molar-refractivity contribution in [2.45, 2.75) is 98.1 Å². The molecule has 3 N–H and O–H groups in total. The predicted molar refractivity (Wildman–Crippen MR) is 141 cm³/mol. The molecule has 0 radical (unpaired) electrons. The van der Waals surface area contributed by atoms with E-state index in [1.807, 2.05) is 32.9 Å². The summed E-state index contributed by atoms with van der Waals surface area (Å²) in [6.45, 7) is 16.7. The molecule has 1 aromatic rings. The Balaban J connectivity index is 2.91. The van der Waals surface area contributed by atoms with Gasteiger partial charge in [0.1, 0.15) is 11.6 Å². The van der Waals surface area contributed by atoms with Crippen molar-refractivity contribution in [3.8, 4) is 0 Å². The highest BCUT2D eigenvalue weighted by Crippen LogP contribution is 2.29. The molecule has 208 valence electrons. The van der Waals surface area contributed by atoms with Crippen molar-refractivity contribution in [1.82, 2.24) is 10.6 Å². The molecule has 0 aromatic heterocycles. The molecule has 0 saturated heterocycles. The van der Waals surface area contributed by atoms with Crippen molar-refractivity contribution in [3.05, 3.63) is 29.8 Å². The number of rotatable bonds is 11. The minimum absolute atomic E-state index is 0.210. The van der Waals surface area contributed by atoms with Gasteiger partial charge in [-0.1, -0.05) is 39.0 Å². The Bertz CT molecular complexity index is 929. The molecule has 0 aliphatic carbocycles. The lowest BCUT2D eigenvalue weighted by Crippen LogP contribution is -2.54. The summed E-state index contributed by atoms with van der Waals surface area (Å²) in [6, 6.07) is 5.24. The van der Waals surface area contributed by atoms with Crippen LogP contribution < -0.4 is 16.0 Å². The van der Waals surface area contributed by atoms with E-state index in [2.05, 4.69) is 16.0 Å². The predicted octanol–water partition coefficient (Wildman–Crippen LogP) is 3.04. The number of para-hydroxylation sites is 1. The lowest BCUT2D eigenvalue weighted by molar-refractivity contribution is -0.172. The Hall–Kier alpha value is -2.98. The third-order valence-electron chi connectivity index (χ3n) is 5.06. The van der Waals surface area contributed by atoms with E-state index in [9.17, 15) is 19.2 Å². The summed E-state index contributed by atoms with van der Waals surface area (Å²) in [7, 11) is 0. The Morgan fingerprint density at radius 1 is 0.865 bits per heavy atom. The maximum atomic E-state index is 12.9. The van der Waals surface area contributed by atoms with Crippen LogP contribution in [0.5, 0.6) is 0 Å². The van der Waals surface area contributed by atoms with Crippen molar-refractivity contribution in [3.63, 3.8) is 0 Å². The van der Waals surface area contributed by atoms with Crippen LogP contribution in [0, 0.1) is 0 Å². The van der Waals surface area contributed by atoms with Crippen LogP contribution in [0.2, 0.25) is 0 Å². The molecule has 0 aliphatic heterocycles. The van der Waals surface area contributed by atoms with Gasteiger partial charge < -0.3 is 30.2 Å². The van der Waals surface area contributed by atoms with Gasteiger partial charge >= 0.3 is 17.8 Å². The summed E-state index contributed by atoms with van der Waals surface area (Å²) in [5.41, 5.74) is 0.415. The molecule has 0 saturated carbocycles. The second-order valence-corrected chi connectivity index (χ2v) is 10.6. The fourth-order valence-electron chi connectivity index (χ4n) is 3.45. The molecule has 2 atom stereocenters. The van der Waals surface area contributed by atoms with Gasteiger partial charge in [0.15, 0.2) is 6.29 Å². The average molecular weight is 522 g/mol. The second-order valence-electron chi connectivity index (χ2n) is 10.6. The minimum atomic E-state index is -1.08. The van der Waals surface area contributed by atoms with E-state index < -0.39 is 47.7 Å². The SMILES string of the molecule is CCOC(OCC)[C@H](CC(=O)OC(C)(C)C)NC(=O)[C@H](C)NC(=O)C(=O)Nc1ccccc1C(C)(C)C. The van der Waals surface area contributed by atoms with E-state index in [-0.39, 0.29) is 25.0 Å². The van der Waals surface area contributed by atoms with Crippen LogP contribution in [0.1, 0.15) is 74.3 Å². The number of ether oxygens (including phenoxy) is 3. The first-order valence-electron chi connectivity index (χ1n) is 12.6. The quantitative estimate of drug-likeness (QED) is 0.232. The van der Waals surface area contributed by atoms with E-state index in [1.165, 1.54) is 6.92 Å². The Morgan fingerprint density at radius 3 is 1.95 bits per heavy atom. The van der Waals surface area contributed by atoms with Gasteiger partial charge in [-0.15, -0.1) is 0 Å². The molecule has 0 spiro atoms. The zero-order valence-corrected chi connectivity index (χ0v) is 23.5. The monoisotopic (exact) mass is 521 g/mol. The number of carbonyl (C=O) groups is 4. The Morgan fingerprint density at radius 2 is 1.43 bits per heavy atom. The molecular weight excluding hydrogens is 478 g/mol. The zero-order valence-electron chi connectivity index (χ0n) is 23.5. The molecule has 0 fully saturated rings. The maximum absolute atomic E-state index is 12.9. The highest BCUT2D eigenvalue weighted by molar-refractivity contribution is 6.40. The van der Waals surface area contributed by atoms with Gasteiger partial charge in [0.05, 0.1) is 12.5 Å². The summed E-state index contributed by atoms with van der Waals surface area (Å²) in [5, 5.41) is 7.70. The molecule has 10 nitrogen and oxygen atoms in total. The Kier molecular flexibility index (Phi) is 12.2. The highest BCUT2D eigenvalue weighted by atomic mass is 16.7. The Labute approximate surface area is 220 Å². The van der Waals surface area contributed by atoms with Crippen LogP contribution in [0.3, 0.4) is 0 Å². The molecule has 0 unspecified atom stereocenters. The minimum Gasteiger partial charge on any atom is -0.460 e. The lowest BCUT2D eigenvalue weighted by Gasteiger charge is -2.29.